The van der Waals surface area contributed by atoms with Gasteiger partial charge < -0.3 is 14.6 Å². The van der Waals surface area contributed by atoms with Gasteiger partial charge in [-0.2, -0.15) is 4.98 Å². The van der Waals surface area contributed by atoms with Crippen LogP contribution >= 0.6 is 11.6 Å². The second-order valence-corrected chi connectivity index (χ2v) is 5.47. The molecule has 0 radical (unpaired) electrons. The molecule has 0 saturated carbocycles. The Morgan fingerprint density at radius 2 is 1.88 bits per heavy atom. The van der Waals surface area contributed by atoms with Gasteiger partial charge in [0, 0.05) is 10.6 Å². The summed E-state index contributed by atoms with van der Waals surface area (Å²) in [5.74, 6) is 0.336. The van der Waals surface area contributed by atoms with Crippen LogP contribution in [0.2, 0.25) is 5.02 Å². The number of carbonyl (C=O) groups excluding carboxylic acids is 1. The molecule has 3 rings (SSSR count). The molecule has 0 fully saturated rings. The fourth-order valence-corrected chi connectivity index (χ4v) is 2.07. The van der Waals surface area contributed by atoms with Crippen LogP contribution < -0.4 is 10.1 Å². The molecule has 0 spiro atoms. The molecule has 0 aliphatic carbocycles. The van der Waals surface area contributed by atoms with Crippen LogP contribution in [0.5, 0.6) is 5.75 Å². The lowest BCUT2D eigenvalue weighted by Crippen LogP contribution is -2.28. The maximum Gasteiger partial charge on any atom is 0.258 e. The molecule has 0 bridgehead atoms. The monoisotopic (exact) mass is 361 g/mol. The van der Waals surface area contributed by atoms with Gasteiger partial charge in [-0.05, 0) is 48.5 Å². The lowest BCUT2D eigenvalue weighted by molar-refractivity contribution is -0.123. The maximum atomic E-state index is 12.8. The Labute approximate surface area is 147 Å². The Kier molecular flexibility index (Phi) is 5.25. The fourth-order valence-electron chi connectivity index (χ4n) is 1.95. The van der Waals surface area contributed by atoms with Gasteiger partial charge >= 0.3 is 0 Å². The number of hydrogen-bond acceptors (Lipinski definition) is 5. The molecule has 1 aromatic heterocycles. The molecule has 8 heteroatoms. The molecule has 0 aliphatic rings. The van der Waals surface area contributed by atoms with Gasteiger partial charge in [-0.15, -0.1) is 0 Å². The molecule has 0 unspecified atom stereocenters. The maximum absolute atomic E-state index is 12.8. The minimum atomic E-state index is -0.371. The smallest absolute Gasteiger partial charge is 0.258 e. The first kappa shape index (κ1) is 16.9. The second-order valence-electron chi connectivity index (χ2n) is 5.04. The second kappa shape index (κ2) is 7.76. The van der Waals surface area contributed by atoms with Crippen LogP contribution in [0.3, 0.4) is 0 Å². The van der Waals surface area contributed by atoms with Crippen LogP contribution in [-0.2, 0) is 11.3 Å². The highest BCUT2D eigenvalue weighted by molar-refractivity contribution is 6.30. The lowest BCUT2D eigenvalue weighted by atomic mass is 10.2. The topological polar surface area (TPSA) is 77.2 Å². The lowest BCUT2D eigenvalue weighted by Gasteiger charge is -2.05. The van der Waals surface area contributed by atoms with E-state index in [9.17, 15) is 9.18 Å². The standard InChI is InChI=1S/C17H13ClFN3O3/c18-12-3-1-11(2-4-12)17-21-16(25-22-17)9-20-15(23)10-24-14-7-5-13(19)6-8-14/h1-8H,9-10H2,(H,20,23). The number of halogens is 2. The summed E-state index contributed by atoms with van der Waals surface area (Å²) in [6, 6.07) is 12.4. The molecule has 6 nitrogen and oxygen atoms in total. The summed E-state index contributed by atoms with van der Waals surface area (Å²) in [6.07, 6.45) is 0. The predicted octanol–water partition coefficient (Wildman–Crippen LogP) is 3.22. The Bertz CT molecular complexity index is 850. The minimum Gasteiger partial charge on any atom is -0.484 e. The normalized spacial score (nSPS) is 10.5. The van der Waals surface area contributed by atoms with Gasteiger partial charge in [-0.3, -0.25) is 4.79 Å². The van der Waals surface area contributed by atoms with Crippen molar-refractivity contribution in [2.75, 3.05) is 6.61 Å². The van der Waals surface area contributed by atoms with E-state index in [0.29, 0.717) is 16.6 Å². The zero-order chi connectivity index (χ0) is 17.6. The van der Waals surface area contributed by atoms with E-state index in [1.54, 1.807) is 24.3 Å². The number of hydrogen-bond donors (Lipinski definition) is 1. The predicted molar refractivity (Wildman–Crippen MR) is 88.5 cm³/mol. The zero-order valence-corrected chi connectivity index (χ0v) is 13.7. The van der Waals surface area contributed by atoms with Crippen molar-refractivity contribution in [3.63, 3.8) is 0 Å². The van der Waals surface area contributed by atoms with Gasteiger partial charge in [0.05, 0.1) is 6.54 Å². The van der Waals surface area contributed by atoms with Gasteiger partial charge in [0.15, 0.2) is 6.61 Å². The molecule has 0 saturated heterocycles. The first-order valence-electron chi connectivity index (χ1n) is 7.34. The SMILES string of the molecule is O=C(COc1ccc(F)cc1)NCc1nc(-c2ccc(Cl)cc2)no1. The average molecular weight is 362 g/mol. The Balaban J connectivity index is 1.49. The molecule has 25 heavy (non-hydrogen) atoms. The number of nitrogens with one attached hydrogen (secondary N) is 1. The summed E-state index contributed by atoms with van der Waals surface area (Å²) in [6.45, 7) is -0.129. The first-order chi connectivity index (χ1) is 12.1. The number of rotatable bonds is 6. The van der Waals surface area contributed by atoms with E-state index in [4.69, 9.17) is 20.9 Å². The fraction of sp³-hybridized carbons (Fsp3) is 0.118. The number of benzene rings is 2. The quantitative estimate of drug-likeness (QED) is 0.729. The number of ether oxygens (including phenoxy) is 1. The van der Waals surface area contributed by atoms with E-state index in [-0.39, 0.29) is 30.8 Å². The van der Waals surface area contributed by atoms with E-state index in [2.05, 4.69) is 15.5 Å². The van der Waals surface area contributed by atoms with Crippen LogP contribution in [0.4, 0.5) is 4.39 Å². The van der Waals surface area contributed by atoms with E-state index in [0.717, 1.165) is 5.56 Å². The van der Waals surface area contributed by atoms with Crippen LogP contribution in [0.15, 0.2) is 53.1 Å². The third-order valence-electron chi connectivity index (χ3n) is 3.19. The van der Waals surface area contributed by atoms with E-state index in [1.807, 2.05) is 0 Å². The molecular formula is C17H13ClFN3O3. The summed E-state index contributed by atoms with van der Waals surface area (Å²) < 4.78 is 23.1. The van der Waals surface area contributed by atoms with E-state index in [1.165, 1.54) is 24.3 Å². The summed E-state index contributed by atoms with van der Waals surface area (Å²) in [7, 11) is 0. The Hall–Kier alpha value is -2.93. The third kappa shape index (κ3) is 4.77. The highest BCUT2D eigenvalue weighted by Crippen LogP contribution is 2.18. The molecule has 1 N–H and O–H groups in total. The van der Waals surface area contributed by atoms with Crippen molar-refractivity contribution in [2.24, 2.45) is 0 Å². The molecule has 1 heterocycles. The van der Waals surface area contributed by atoms with Crippen molar-refractivity contribution in [1.82, 2.24) is 15.5 Å². The van der Waals surface area contributed by atoms with Crippen LogP contribution in [0, 0.1) is 5.82 Å². The minimum absolute atomic E-state index is 0.0756. The number of carbonyl (C=O) groups is 1. The molecule has 3 aromatic rings. The van der Waals surface area contributed by atoms with Crippen molar-refractivity contribution in [2.45, 2.75) is 6.54 Å². The van der Waals surface area contributed by atoms with Gasteiger partial charge in [0.2, 0.25) is 11.7 Å². The average Bonchev–Trinajstić information content (AvgIpc) is 3.09. The third-order valence-corrected chi connectivity index (χ3v) is 3.44. The van der Waals surface area contributed by atoms with Gasteiger partial charge in [0.1, 0.15) is 11.6 Å². The molecule has 0 aliphatic heterocycles. The first-order valence-corrected chi connectivity index (χ1v) is 7.71. The summed E-state index contributed by atoms with van der Waals surface area (Å²) in [5, 5.41) is 7.06. The van der Waals surface area contributed by atoms with Gasteiger partial charge in [0.25, 0.3) is 5.91 Å². The number of nitrogens with zero attached hydrogens (tertiary/aromatic N) is 2. The summed E-state index contributed by atoms with van der Waals surface area (Å²) >= 11 is 5.83. The van der Waals surface area contributed by atoms with E-state index < -0.39 is 0 Å². The summed E-state index contributed by atoms with van der Waals surface area (Å²) in [5.41, 5.74) is 0.755. The molecular weight excluding hydrogens is 349 g/mol. The molecule has 2 aromatic carbocycles. The van der Waals surface area contributed by atoms with Crippen LogP contribution in [-0.4, -0.2) is 22.7 Å². The van der Waals surface area contributed by atoms with Crippen molar-refractivity contribution in [3.8, 4) is 17.1 Å². The molecule has 0 atom stereocenters. The van der Waals surface area contributed by atoms with Crippen LogP contribution in [0.1, 0.15) is 5.89 Å². The van der Waals surface area contributed by atoms with Gasteiger partial charge in [-0.25, -0.2) is 4.39 Å². The molecule has 128 valence electrons. The number of amides is 1. The van der Waals surface area contributed by atoms with E-state index >= 15 is 0 Å². The van der Waals surface area contributed by atoms with Crippen LogP contribution in [0.25, 0.3) is 11.4 Å². The summed E-state index contributed by atoms with van der Waals surface area (Å²) in [4.78, 5) is 15.9. The highest BCUT2D eigenvalue weighted by Gasteiger charge is 2.10. The number of aromatic nitrogens is 2. The highest BCUT2D eigenvalue weighted by atomic mass is 35.5. The van der Waals surface area contributed by atoms with Crippen molar-refractivity contribution in [3.05, 3.63) is 65.3 Å². The van der Waals surface area contributed by atoms with Gasteiger partial charge in [-0.1, -0.05) is 16.8 Å². The van der Waals surface area contributed by atoms with Crippen molar-refractivity contribution in [1.29, 1.82) is 0 Å². The van der Waals surface area contributed by atoms with Crippen molar-refractivity contribution < 1.29 is 18.4 Å². The van der Waals surface area contributed by atoms with Crippen molar-refractivity contribution >= 4 is 17.5 Å². The Morgan fingerprint density at radius 3 is 2.60 bits per heavy atom. The molecule has 1 amide bonds. The Morgan fingerprint density at radius 1 is 1.16 bits per heavy atom. The largest absolute Gasteiger partial charge is 0.484 e. The zero-order valence-electron chi connectivity index (χ0n) is 12.9.